The van der Waals surface area contributed by atoms with E-state index < -0.39 is 26.1 Å². The molecule has 0 aliphatic carbocycles. The number of rotatable bonds is 9. The van der Waals surface area contributed by atoms with Gasteiger partial charge >= 0.3 is 6.09 Å². The Morgan fingerprint density at radius 2 is 1.73 bits per heavy atom. The topological polar surface area (TPSA) is 107 Å². The number of fused-ring (bicyclic) bond motifs is 1. The average Bonchev–Trinajstić information content (AvgIpc) is 3.58. The molecule has 0 radical (unpaired) electrons. The lowest BCUT2D eigenvalue weighted by Crippen LogP contribution is -2.48. The first-order chi connectivity index (χ1) is 23.0. The Morgan fingerprint density at radius 3 is 2.39 bits per heavy atom. The molecule has 3 heterocycles. The molecule has 0 saturated carbocycles. The standard InChI is InChI=1S/C39H54N4O5Si/c1-38(2,3)47-37(45)43(26-34(31-16-19-35(40)41-24-31)48-49(7,8)39(4,5)6)25-32-17-14-29-22-28(15-18-33(29)46-32)27-12-11-13-30(23-27)36(44)42-20-9-10-21-42/h11-13,15-16,18-19,22-24,32,34H,9-10,14,17,20-21,25-26H2,1-8H3,(H2,40,41)/t32-,34+/m1/s1. The Balaban J connectivity index is 1.35. The highest BCUT2D eigenvalue weighted by Crippen LogP contribution is 2.40. The minimum absolute atomic E-state index is 0.0387. The van der Waals surface area contributed by atoms with Crippen LogP contribution in [0.1, 0.15) is 88.4 Å². The van der Waals surface area contributed by atoms with Gasteiger partial charge in [0.25, 0.3) is 5.91 Å². The van der Waals surface area contributed by atoms with Gasteiger partial charge in [0.05, 0.1) is 19.2 Å². The number of ether oxygens (including phenoxy) is 2. The van der Waals surface area contributed by atoms with Gasteiger partial charge in [-0.1, -0.05) is 45.0 Å². The van der Waals surface area contributed by atoms with E-state index in [9.17, 15) is 9.59 Å². The van der Waals surface area contributed by atoms with E-state index in [0.29, 0.717) is 12.4 Å². The Hall–Kier alpha value is -3.89. The van der Waals surface area contributed by atoms with Crippen LogP contribution in [0.2, 0.25) is 18.1 Å². The molecular formula is C39H54N4O5Si. The van der Waals surface area contributed by atoms with Crippen LogP contribution in [0.4, 0.5) is 10.6 Å². The number of nitrogen functional groups attached to an aromatic ring is 1. The Bertz CT molecular complexity index is 1620. The number of carbonyl (C=O) groups is 2. The Morgan fingerprint density at radius 1 is 1.02 bits per heavy atom. The van der Waals surface area contributed by atoms with Gasteiger partial charge in [-0.15, -0.1) is 0 Å². The second-order valence-electron chi connectivity index (χ2n) is 15.9. The molecule has 1 fully saturated rings. The molecule has 9 nitrogen and oxygen atoms in total. The first-order valence-electron chi connectivity index (χ1n) is 17.6. The van der Waals surface area contributed by atoms with Crippen LogP contribution in [-0.2, 0) is 15.6 Å². The molecule has 5 rings (SSSR count). The summed E-state index contributed by atoms with van der Waals surface area (Å²) in [6.45, 7) is 18.9. The van der Waals surface area contributed by atoms with Crippen molar-refractivity contribution in [1.29, 1.82) is 0 Å². The number of nitrogens with zero attached hydrogens (tertiary/aromatic N) is 3. The van der Waals surface area contributed by atoms with Gasteiger partial charge < -0.3 is 29.4 Å². The SMILES string of the molecule is CC(C)(C)OC(=O)N(C[C@H]1CCc2cc(-c3cccc(C(=O)N4CCCC4)c3)ccc2O1)C[C@H](O[Si](C)(C)C(C)(C)C)c1ccc(N)nc1. The van der Waals surface area contributed by atoms with Gasteiger partial charge in [0.15, 0.2) is 8.32 Å². The van der Waals surface area contributed by atoms with Crippen molar-refractivity contribution in [3.8, 4) is 16.9 Å². The summed E-state index contributed by atoms with van der Waals surface area (Å²) < 4.78 is 19.4. The predicted molar refractivity (Wildman–Crippen MR) is 197 cm³/mol. The van der Waals surface area contributed by atoms with Crippen molar-refractivity contribution in [1.82, 2.24) is 14.8 Å². The van der Waals surface area contributed by atoms with Gasteiger partial charge in [0.1, 0.15) is 23.3 Å². The molecule has 2 atom stereocenters. The van der Waals surface area contributed by atoms with E-state index in [1.165, 1.54) is 0 Å². The van der Waals surface area contributed by atoms with Crippen molar-refractivity contribution < 1.29 is 23.5 Å². The minimum atomic E-state index is -2.25. The number of pyridine rings is 1. The lowest BCUT2D eigenvalue weighted by atomic mass is 9.96. The van der Waals surface area contributed by atoms with E-state index in [0.717, 1.165) is 72.3 Å². The van der Waals surface area contributed by atoms with Crippen LogP contribution < -0.4 is 10.5 Å². The number of carbonyl (C=O) groups excluding carboxylic acids is 2. The number of likely N-dealkylation sites (tertiary alicyclic amines) is 1. The third-order valence-corrected chi connectivity index (χ3v) is 14.3. The molecule has 1 saturated heterocycles. The van der Waals surface area contributed by atoms with E-state index in [4.69, 9.17) is 19.6 Å². The Labute approximate surface area is 293 Å². The molecular weight excluding hydrogens is 633 g/mol. The van der Waals surface area contributed by atoms with Crippen molar-refractivity contribution in [3.05, 3.63) is 77.5 Å². The summed E-state index contributed by atoms with van der Waals surface area (Å²) in [6, 6.07) is 17.8. The third kappa shape index (κ3) is 9.22. The summed E-state index contributed by atoms with van der Waals surface area (Å²) in [7, 11) is -2.25. The van der Waals surface area contributed by atoms with E-state index in [1.54, 1.807) is 17.2 Å². The Kier molecular flexibility index (Phi) is 10.8. The minimum Gasteiger partial charge on any atom is -0.488 e. The lowest BCUT2D eigenvalue weighted by Gasteiger charge is -2.41. The highest BCUT2D eigenvalue weighted by Gasteiger charge is 2.41. The quantitative estimate of drug-likeness (QED) is 0.226. The van der Waals surface area contributed by atoms with Crippen molar-refractivity contribution >= 4 is 26.1 Å². The second-order valence-corrected chi connectivity index (χ2v) is 20.7. The van der Waals surface area contributed by atoms with Crippen molar-refractivity contribution in [2.24, 2.45) is 0 Å². The molecule has 1 aromatic heterocycles. The first kappa shape index (κ1) is 36.4. The summed E-state index contributed by atoms with van der Waals surface area (Å²) >= 11 is 0. The number of hydrogen-bond donors (Lipinski definition) is 1. The zero-order chi connectivity index (χ0) is 35.6. The van der Waals surface area contributed by atoms with E-state index in [2.05, 4.69) is 44.9 Å². The molecule has 3 aromatic rings. The largest absolute Gasteiger partial charge is 0.488 e. The lowest BCUT2D eigenvalue weighted by molar-refractivity contribution is 0.00490. The van der Waals surface area contributed by atoms with E-state index in [1.807, 2.05) is 68.1 Å². The zero-order valence-corrected chi connectivity index (χ0v) is 31.5. The molecule has 10 heteroatoms. The summed E-state index contributed by atoms with van der Waals surface area (Å²) in [4.78, 5) is 34.8. The maximum Gasteiger partial charge on any atom is 0.410 e. The van der Waals surface area contributed by atoms with Crippen molar-refractivity contribution in [2.45, 2.75) is 103 Å². The number of amides is 2. The molecule has 2 aliphatic heterocycles. The van der Waals surface area contributed by atoms with Crippen LogP contribution in [-0.4, -0.2) is 73.0 Å². The molecule has 2 N–H and O–H groups in total. The molecule has 0 spiro atoms. The summed E-state index contributed by atoms with van der Waals surface area (Å²) in [5, 5.41) is -0.0387. The van der Waals surface area contributed by atoms with Crippen LogP contribution in [0.5, 0.6) is 5.75 Å². The maximum atomic E-state index is 13.8. The fourth-order valence-electron chi connectivity index (χ4n) is 6.03. The average molecular weight is 687 g/mol. The molecule has 49 heavy (non-hydrogen) atoms. The molecule has 2 amide bonds. The van der Waals surface area contributed by atoms with Gasteiger partial charge in [0, 0.05) is 24.8 Å². The summed E-state index contributed by atoms with van der Waals surface area (Å²) in [5.41, 5.74) is 10.0. The van der Waals surface area contributed by atoms with Crippen LogP contribution in [0.3, 0.4) is 0 Å². The second kappa shape index (κ2) is 14.5. The van der Waals surface area contributed by atoms with Crippen molar-refractivity contribution in [3.63, 3.8) is 0 Å². The fourth-order valence-corrected chi connectivity index (χ4v) is 7.31. The van der Waals surface area contributed by atoms with Crippen LogP contribution in [0.25, 0.3) is 11.1 Å². The van der Waals surface area contributed by atoms with E-state index in [-0.39, 0.29) is 23.6 Å². The number of benzene rings is 2. The molecule has 0 bridgehead atoms. The maximum absolute atomic E-state index is 13.8. The van der Waals surface area contributed by atoms with Crippen LogP contribution in [0.15, 0.2) is 60.8 Å². The fraction of sp³-hybridized carbons (Fsp3) is 0.513. The number of nitrogens with two attached hydrogens (primary N) is 1. The smallest absolute Gasteiger partial charge is 0.410 e. The van der Waals surface area contributed by atoms with Gasteiger partial charge in [-0.2, -0.15) is 0 Å². The van der Waals surface area contributed by atoms with Gasteiger partial charge in [0.2, 0.25) is 0 Å². The van der Waals surface area contributed by atoms with Crippen LogP contribution >= 0.6 is 0 Å². The molecule has 2 aromatic carbocycles. The number of hydrogen-bond acceptors (Lipinski definition) is 7. The zero-order valence-electron chi connectivity index (χ0n) is 30.5. The monoisotopic (exact) mass is 686 g/mol. The van der Waals surface area contributed by atoms with Crippen LogP contribution in [0, 0.1) is 0 Å². The molecule has 264 valence electrons. The van der Waals surface area contributed by atoms with Gasteiger partial charge in [-0.25, -0.2) is 9.78 Å². The number of aryl methyl sites for hydroxylation is 1. The van der Waals surface area contributed by atoms with Gasteiger partial charge in [-0.05, 0) is 117 Å². The highest BCUT2D eigenvalue weighted by atomic mass is 28.4. The normalized spacial score (nSPS) is 17.2. The molecule has 0 unspecified atom stereocenters. The van der Waals surface area contributed by atoms with Gasteiger partial charge in [-0.3, -0.25) is 4.79 Å². The number of aromatic nitrogens is 1. The first-order valence-corrected chi connectivity index (χ1v) is 20.5. The number of anilines is 1. The highest BCUT2D eigenvalue weighted by molar-refractivity contribution is 6.74. The summed E-state index contributed by atoms with van der Waals surface area (Å²) in [6.07, 6.45) is 4.35. The summed E-state index contributed by atoms with van der Waals surface area (Å²) in [5.74, 6) is 1.34. The van der Waals surface area contributed by atoms with E-state index >= 15 is 0 Å². The third-order valence-electron chi connectivity index (χ3n) is 9.81. The molecule has 2 aliphatic rings. The van der Waals surface area contributed by atoms with Crippen molar-refractivity contribution in [2.75, 3.05) is 31.9 Å². The predicted octanol–water partition coefficient (Wildman–Crippen LogP) is 8.26.